The van der Waals surface area contributed by atoms with Crippen LogP contribution in [-0.2, 0) is 12.8 Å². The topological polar surface area (TPSA) is 0 Å². The summed E-state index contributed by atoms with van der Waals surface area (Å²) in [7, 11) is 0. The highest BCUT2D eigenvalue weighted by molar-refractivity contribution is 5.39. The third-order valence-electron chi connectivity index (χ3n) is 3.48. The smallest absolute Gasteiger partial charge is 0.126 e. The van der Waals surface area contributed by atoms with Gasteiger partial charge in [0, 0.05) is 0 Å². The lowest BCUT2D eigenvalue weighted by Crippen LogP contribution is -2.07. The Morgan fingerprint density at radius 1 is 1.21 bits per heavy atom. The Bertz CT molecular complexity index is 321. The normalized spacial score (nSPS) is 20.2. The number of fused-ring (bicyclic) bond motifs is 1. The maximum absolute atomic E-state index is 13.5. The van der Waals surface area contributed by atoms with Gasteiger partial charge in [-0.25, -0.2) is 4.39 Å². The minimum Gasteiger partial charge on any atom is -0.207 e. The van der Waals surface area contributed by atoms with Crippen LogP contribution in [0.3, 0.4) is 0 Å². The first-order valence-electron chi connectivity index (χ1n) is 5.36. The Hall–Kier alpha value is -0.850. The molecule has 1 aromatic rings. The molecule has 0 aromatic heterocycles. The summed E-state index contributed by atoms with van der Waals surface area (Å²) in [4.78, 5) is 0. The maximum atomic E-state index is 13.5. The van der Waals surface area contributed by atoms with Crippen molar-refractivity contribution in [1.82, 2.24) is 0 Å². The second-order valence-electron chi connectivity index (χ2n) is 4.73. The van der Waals surface area contributed by atoms with Gasteiger partial charge >= 0.3 is 0 Å². The zero-order chi connectivity index (χ0) is 10.3. The molecule has 0 saturated heterocycles. The van der Waals surface area contributed by atoms with Crippen LogP contribution in [0.5, 0.6) is 0 Å². The van der Waals surface area contributed by atoms with Gasteiger partial charge in [0.15, 0.2) is 0 Å². The molecule has 0 spiro atoms. The number of rotatable bonds is 1. The summed E-state index contributed by atoms with van der Waals surface area (Å²) in [6, 6.07) is 3.51. The van der Waals surface area contributed by atoms with Crippen molar-refractivity contribution in [3.05, 3.63) is 34.6 Å². The van der Waals surface area contributed by atoms with E-state index >= 15 is 0 Å². The number of hydrogen-bond acceptors (Lipinski definition) is 0. The Morgan fingerprint density at radius 3 is 2.43 bits per heavy atom. The predicted octanol–water partition coefficient (Wildman–Crippen LogP) is 3.50. The van der Waals surface area contributed by atoms with E-state index in [1.54, 1.807) is 6.07 Å². The van der Waals surface area contributed by atoms with E-state index in [2.05, 4.69) is 20.8 Å². The quantitative estimate of drug-likeness (QED) is 0.638. The fraction of sp³-hybridized carbons (Fsp3) is 0.538. The number of benzene rings is 1. The molecule has 14 heavy (non-hydrogen) atoms. The van der Waals surface area contributed by atoms with Crippen LogP contribution in [0.4, 0.5) is 4.39 Å². The second kappa shape index (κ2) is 3.38. The number of hydrogen-bond donors (Lipinski definition) is 0. The summed E-state index contributed by atoms with van der Waals surface area (Å²) < 4.78 is 13.5. The average Bonchev–Trinajstić information content (AvgIpc) is 2.57. The monoisotopic (exact) mass is 192 g/mol. The highest BCUT2D eigenvalue weighted by atomic mass is 19.1. The van der Waals surface area contributed by atoms with Gasteiger partial charge in [0.25, 0.3) is 0 Å². The van der Waals surface area contributed by atoms with E-state index in [0.29, 0.717) is 11.8 Å². The Kier molecular flexibility index (Phi) is 2.34. The third kappa shape index (κ3) is 1.45. The van der Waals surface area contributed by atoms with Crippen molar-refractivity contribution < 1.29 is 4.39 Å². The second-order valence-corrected chi connectivity index (χ2v) is 4.73. The predicted molar refractivity (Wildman–Crippen MR) is 56.9 cm³/mol. The fourth-order valence-electron chi connectivity index (χ4n) is 2.35. The first kappa shape index (κ1) is 9.70. The molecule has 1 heteroatoms. The van der Waals surface area contributed by atoms with Crippen molar-refractivity contribution >= 4 is 0 Å². The van der Waals surface area contributed by atoms with Crippen molar-refractivity contribution in [2.75, 3.05) is 0 Å². The van der Waals surface area contributed by atoms with Gasteiger partial charge in [-0.3, -0.25) is 0 Å². The lowest BCUT2D eigenvalue weighted by atomic mass is 9.93. The van der Waals surface area contributed by atoms with Crippen molar-refractivity contribution in [3.8, 4) is 0 Å². The standard InChI is InChI=1S/C13H17F/c1-8(2)10-6-11-9(3)4-5-13(14)12(11)7-10/h4-5,8,10H,6-7H2,1-3H3. The van der Waals surface area contributed by atoms with Gasteiger partial charge in [0.2, 0.25) is 0 Å². The summed E-state index contributed by atoms with van der Waals surface area (Å²) in [6.07, 6.45) is 2.00. The SMILES string of the molecule is Cc1ccc(F)c2c1CC(C(C)C)C2. The molecule has 0 radical (unpaired) electrons. The molecule has 1 atom stereocenters. The molecule has 0 heterocycles. The van der Waals surface area contributed by atoms with Crippen LogP contribution in [0.15, 0.2) is 12.1 Å². The summed E-state index contributed by atoms with van der Waals surface area (Å²) in [6.45, 7) is 6.54. The molecule has 0 amide bonds. The molecule has 1 unspecified atom stereocenters. The lowest BCUT2D eigenvalue weighted by molar-refractivity contribution is 0.401. The van der Waals surface area contributed by atoms with E-state index in [1.165, 1.54) is 11.1 Å². The van der Waals surface area contributed by atoms with Crippen LogP contribution in [0.1, 0.15) is 30.5 Å². The molecular formula is C13H17F. The molecular weight excluding hydrogens is 175 g/mol. The van der Waals surface area contributed by atoms with Gasteiger partial charge in [-0.05, 0) is 54.4 Å². The largest absolute Gasteiger partial charge is 0.207 e. The van der Waals surface area contributed by atoms with Crippen molar-refractivity contribution in [2.24, 2.45) is 11.8 Å². The molecule has 0 aliphatic heterocycles. The molecule has 1 aliphatic rings. The van der Waals surface area contributed by atoms with E-state index in [9.17, 15) is 4.39 Å². The molecule has 0 saturated carbocycles. The van der Waals surface area contributed by atoms with Gasteiger partial charge in [-0.2, -0.15) is 0 Å². The Balaban J connectivity index is 2.38. The van der Waals surface area contributed by atoms with Crippen LogP contribution in [0.25, 0.3) is 0 Å². The van der Waals surface area contributed by atoms with Gasteiger partial charge in [-0.15, -0.1) is 0 Å². The van der Waals surface area contributed by atoms with Gasteiger partial charge in [-0.1, -0.05) is 19.9 Å². The molecule has 1 aliphatic carbocycles. The van der Waals surface area contributed by atoms with E-state index in [1.807, 2.05) is 6.07 Å². The van der Waals surface area contributed by atoms with Crippen LogP contribution in [0.2, 0.25) is 0 Å². The van der Waals surface area contributed by atoms with E-state index in [0.717, 1.165) is 18.4 Å². The minimum atomic E-state index is -0.00579. The van der Waals surface area contributed by atoms with Crippen molar-refractivity contribution in [1.29, 1.82) is 0 Å². The third-order valence-corrected chi connectivity index (χ3v) is 3.48. The molecule has 0 bridgehead atoms. The van der Waals surface area contributed by atoms with Crippen LogP contribution in [0, 0.1) is 24.6 Å². The lowest BCUT2D eigenvalue weighted by Gasteiger charge is -2.12. The van der Waals surface area contributed by atoms with E-state index < -0.39 is 0 Å². The molecule has 0 N–H and O–H groups in total. The summed E-state index contributed by atoms with van der Waals surface area (Å²) >= 11 is 0. The zero-order valence-corrected chi connectivity index (χ0v) is 9.10. The Morgan fingerprint density at radius 2 is 1.86 bits per heavy atom. The van der Waals surface area contributed by atoms with Crippen molar-refractivity contribution in [2.45, 2.75) is 33.6 Å². The molecule has 1 aromatic carbocycles. The van der Waals surface area contributed by atoms with Gasteiger partial charge in [0.1, 0.15) is 5.82 Å². The maximum Gasteiger partial charge on any atom is 0.126 e. The summed E-state index contributed by atoms with van der Waals surface area (Å²) in [5.41, 5.74) is 3.50. The van der Waals surface area contributed by atoms with Crippen LogP contribution >= 0.6 is 0 Å². The highest BCUT2D eigenvalue weighted by Gasteiger charge is 2.27. The van der Waals surface area contributed by atoms with Gasteiger partial charge < -0.3 is 0 Å². The van der Waals surface area contributed by atoms with E-state index in [-0.39, 0.29) is 5.82 Å². The zero-order valence-electron chi connectivity index (χ0n) is 9.10. The van der Waals surface area contributed by atoms with E-state index in [4.69, 9.17) is 0 Å². The van der Waals surface area contributed by atoms with Gasteiger partial charge in [0.05, 0.1) is 0 Å². The molecule has 0 nitrogen and oxygen atoms in total. The number of aryl methyl sites for hydroxylation is 1. The minimum absolute atomic E-state index is 0.00579. The Labute approximate surface area is 85.1 Å². The summed E-state index contributed by atoms with van der Waals surface area (Å²) in [5.74, 6) is 1.29. The molecule has 2 rings (SSSR count). The van der Waals surface area contributed by atoms with Crippen LogP contribution in [-0.4, -0.2) is 0 Å². The average molecular weight is 192 g/mol. The first-order chi connectivity index (χ1) is 6.59. The highest BCUT2D eigenvalue weighted by Crippen LogP contribution is 2.34. The fourth-order valence-corrected chi connectivity index (χ4v) is 2.35. The molecule has 0 fully saturated rings. The summed E-state index contributed by atoms with van der Waals surface area (Å²) in [5, 5.41) is 0. The first-order valence-corrected chi connectivity index (χ1v) is 5.36. The number of halogens is 1. The van der Waals surface area contributed by atoms with Crippen molar-refractivity contribution in [3.63, 3.8) is 0 Å². The van der Waals surface area contributed by atoms with Crippen LogP contribution < -0.4 is 0 Å². The molecule has 76 valence electrons.